The van der Waals surface area contributed by atoms with Crippen LogP contribution in [0.15, 0.2) is 152 Å². The lowest BCUT2D eigenvalue weighted by atomic mass is 10.1. The van der Waals surface area contributed by atoms with E-state index in [1.807, 2.05) is 0 Å². The zero-order chi connectivity index (χ0) is 59.6. The molecule has 15 nitrogen and oxygen atoms in total. The van der Waals surface area contributed by atoms with Gasteiger partial charge in [-0.25, -0.2) is 17.6 Å². The number of aromatic hydroxyl groups is 1. The predicted octanol–water partition coefficient (Wildman–Crippen LogP) is 10.0. The monoisotopic (exact) mass is 1200 g/mol. The highest BCUT2D eigenvalue weighted by Gasteiger charge is 2.32. The first-order valence-corrected chi connectivity index (χ1v) is 28.0. The summed E-state index contributed by atoms with van der Waals surface area (Å²) < 4.78 is 63.7. The minimum Gasteiger partial charge on any atom is -0.506 e. The number of nitrogens with zero attached hydrogens (tertiary/aromatic N) is 2. The first-order chi connectivity index (χ1) is 40.0. The van der Waals surface area contributed by atoms with Crippen molar-refractivity contribution < 1.29 is 60.9 Å². The smallest absolute Gasteiger partial charge is 0.263 e. The summed E-state index contributed by atoms with van der Waals surface area (Å²) in [5.74, 6) is -2.40. The third-order valence-corrected chi connectivity index (χ3v) is 15.2. The number of benzene rings is 7. The number of methoxy groups -OCH3 is 2. The van der Waals surface area contributed by atoms with Crippen LogP contribution in [0.4, 0.5) is 17.6 Å². The maximum atomic E-state index is 13.0. The number of nitrogens with one attached hydrogen (secondary N) is 4. The van der Waals surface area contributed by atoms with Gasteiger partial charge in [0.05, 0.1) is 47.6 Å². The van der Waals surface area contributed by atoms with Gasteiger partial charge in [0.1, 0.15) is 49.2 Å². The molecule has 9 rings (SSSR count). The van der Waals surface area contributed by atoms with E-state index in [0.29, 0.717) is 44.0 Å². The number of ether oxygens (including phenoxy) is 2. The Morgan fingerprint density at radius 3 is 0.952 bits per heavy atom. The van der Waals surface area contributed by atoms with Crippen LogP contribution in [-0.4, -0.2) is 97.8 Å². The number of carbonyl (C=O) groups is 6. The van der Waals surface area contributed by atoms with E-state index in [4.69, 9.17) is 33.9 Å². The van der Waals surface area contributed by atoms with Crippen molar-refractivity contribution in [2.45, 2.75) is 26.2 Å². The van der Waals surface area contributed by atoms with Crippen molar-refractivity contribution in [3.63, 3.8) is 0 Å². The van der Waals surface area contributed by atoms with Crippen molar-refractivity contribution in [1.82, 2.24) is 31.1 Å². The largest absolute Gasteiger partial charge is 0.506 e. The van der Waals surface area contributed by atoms with Gasteiger partial charge in [0.25, 0.3) is 35.4 Å². The van der Waals surface area contributed by atoms with Crippen molar-refractivity contribution in [3.8, 4) is 17.2 Å². The fourth-order valence-corrected chi connectivity index (χ4v) is 10.5. The number of phenolic OH excluding ortho intramolecular Hbond substituents is 1. The number of rotatable bonds is 16. The van der Waals surface area contributed by atoms with E-state index in [1.54, 1.807) is 70.5 Å². The fourth-order valence-electron chi connectivity index (χ4n) is 8.08. The Morgan fingerprint density at radius 1 is 0.434 bits per heavy atom. The summed E-state index contributed by atoms with van der Waals surface area (Å²) in [7, 11) is 2.83. The molecule has 0 spiro atoms. The zero-order valence-corrected chi connectivity index (χ0v) is 47.6. The van der Waals surface area contributed by atoms with Gasteiger partial charge in [0, 0.05) is 50.8 Å². The lowest BCUT2D eigenvalue weighted by molar-refractivity contribution is 0.0850. The van der Waals surface area contributed by atoms with Crippen molar-refractivity contribution in [2.24, 2.45) is 0 Å². The van der Waals surface area contributed by atoms with Crippen LogP contribution in [-0.2, 0) is 26.2 Å². The molecule has 2 heterocycles. The van der Waals surface area contributed by atoms with E-state index in [9.17, 15) is 51.4 Å². The van der Waals surface area contributed by atoms with E-state index in [-0.39, 0.29) is 95.0 Å². The van der Waals surface area contributed by atoms with Crippen molar-refractivity contribution in [2.75, 3.05) is 38.8 Å². The summed E-state index contributed by atoms with van der Waals surface area (Å²) in [6.45, 7) is 1.80. The van der Waals surface area contributed by atoms with Gasteiger partial charge < -0.3 is 35.8 Å². The second kappa shape index (κ2) is 29.9. The highest BCUT2D eigenvalue weighted by molar-refractivity contribution is 8.23. The topological polar surface area (TPSA) is 196 Å². The van der Waals surface area contributed by atoms with Gasteiger partial charge in [-0.15, -0.1) is 0 Å². The van der Waals surface area contributed by atoms with Crippen LogP contribution in [0, 0.1) is 23.3 Å². The molecule has 0 aromatic heterocycles. The molecular weight excluding hydrogens is 1150 g/mol. The minimum atomic E-state index is -0.569. The first-order valence-electron chi connectivity index (χ1n) is 25.2. The van der Waals surface area contributed by atoms with Crippen LogP contribution >= 0.6 is 48.0 Å². The molecule has 2 aliphatic rings. The number of phenols is 1. The SMILES string of the molecule is COc1c(C(=O)N2CCSC2=S)cccc1C(=O)N1CCSC1=S.COc1c(C(=O)NCc2ccc(F)cc2)cccc1C(=O)NCc1ccc(F)cc1.O=C(NCc1ccc(F)cc1)c1cccc(C(=O)NCc2ccc(F)cc2)c1O. The Morgan fingerprint density at radius 2 is 0.687 bits per heavy atom. The number of carbonyl (C=O) groups excluding carboxylic acids is 6. The summed E-state index contributed by atoms with van der Waals surface area (Å²) in [6, 6.07) is 36.8. The molecule has 7 aromatic rings. The van der Waals surface area contributed by atoms with Crippen LogP contribution in [0.1, 0.15) is 84.4 Å². The van der Waals surface area contributed by atoms with Crippen LogP contribution < -0.4 is 30.7 Å². The van der Waals surface area contributed by atoms with Crippen molar-refractivity contribution in [3.05, 3.63) is 231 Å². The molecule has 7 aromatic carbocycles. The molecule has 0 atom stereocenters. The maximum Gasteiger partial charge on any atom is 0.263 e. The van der Waals surface area contributed by atoms with Gasteiger partial charge in [0.2, 0.25) is 0 Å². The molecular formula is C60H52F4N6O9S4. The predicted molar refractivity (Wildman–Crippen MR) is 317 cm³/mol. The molecule has 0 radical (unpaired) electrons. The number of hydrogen-bond donors (Lipinski definition) is 5. The number of thiocarbonyl (C=S) groups is 2. The average Bonchev–Trinajstić information content (AvgIpc) is 4.39. The molecule has 428 valence electrons. The lowest BCUT2D eigenvalue weighted by Gasteiger charge is -2.20. The zero-order valence-electron chi connectivity index (χ0n) is 44.3. The van der Waals surface area contributed by atoms with Crippen LogP contribution in [0.3, 0.4) is 0 Å². The summed E-state index contributed by atoms with van der Waals surface area (Å²) in [6.07, 6.45) is 0. The molecule has 2 fully saturated rings. The summed E-state index contributed by atoms with van der Waals surface area (Å²) in [5, 5.41) is 21.1. The highest BCUT2D eigenvalue weighted by atomic mass is 32.2. The van der Waals surface area contributed by atoms with Gasteiger partial charge in [0.15, 0.2) is 0 Å². The Hall–Kier alpha value is -8.64. The number of halogens is 4. The second-order valence-corrected chi connectivity index (χ2v) is 21.3. The molecule has 23 heteroatoms. The summed E-state index contributed by atoms with van der Waals surface area (Å²) >= 11 is 13.4. The highest BCUT2D eigenvalue weighted by Crippen LogP contribution is 2.31. The number of thioether (sulfide) groups is 2. The Kier molecular flexibility index (Phi) is 22.3. The van der Waals surface area contributed by atoms with E-state index in [2.05, 4.69) is 21.3 Å². The maximum absolute atomic E-state index is 13.0. The van der Waals surface area contributed by atoms with Crippen LogP contribution in [0.5, 0.6) is 17.2 Å². The Bertz CT molecular complexity index is 3310. The lowest BCUT2D eigenvalue weighted by Crippen LogP contribution is -2.33. The van der Waals surface area contributed by atoms with Gasteiger partial charge in [-0.3, -0.25) is 38.6 Å². The number of para-hydroxylation sites is 3. The van der Waals surface area contributed by atoms with Gasteiger partial charge in [-0.05, 0) is 107 Å². The van der Waals surface area contributed by atoms with E-state index in [0.717, 1.165) is 22.6 Å². The molecule has 0 unspecified atom stereocenters. The molecule has 6 amide bonds. The normalized spacial score (nSPS) is 12.5. The third kappa shape index (κ3) is 16.7. The Labute approximate surface area is 494 Å². The third-order valence-electron chi connectivity index (χ3n) is 12.4. The van der Waals surface area contributed by atoms with E-state index >= 15 is 0 Å². The van der Waals surface area contributed by atoms with Crippen LogP contribution in [0.2, 0.25) is 0 Å². The van der Waals surface area contributed by atoms with Crippen molar-refractivity contribution >= 4 is 92.0 Å². The molecule has 0 aliphatic carbocycles. The number of hydrogen-bond acceptors (Lipinski definition) is 13. The standard InChI is InChI=1S/C23H20F2N2O3.C22H18F2N2O3.C15H14N2O3S4/c1-30-21-19(22(28)26-13-15-5-9-17(24)10-6-15)3-2-4-20(21)23(29)27-14-16-7-11-18(25)12-8-16;23-16-8-4-14(5-9-16)12-25-21(28)18-2-1-3-19(20(18)27)22(29)26-13-15-6-10-17(24)11-7-15;1-20-11-9(12(18)16-5-7-23-14(16)21)3-2-4-10(11)13(19)17-6-8-24-15(17)22/h2-12H,13-14H2,1H3,(H,26,28)(H,27,29);1-11,27H,12-13H2,(H,25,28)(H,26,29);2-4H,5-8H2,1H3. The van der Waals surface area contributed by atoms with E-state index < -0.39 is 29.4 Å². The second-order valence-electron chi connectivity index (χ2n) is 17.9. The number of amides is 6. The van der Waals surface area contributed by atoms with Gasteiger partial charge >= 0.3 is 0 Å². The first kappa shape index (κ1) is 62.0. The van der Waals surface area contributed by atoms with Crippen LogP contribution in [0.25, 0.3) is 0 Å². The average molecular weight is 1210 g/mol. The fraction of sp³-hybridized carbons (Fsp3) is 0.167. The summed E-state index contributed by atoms with van der Waals surface area (Å²) in [4.78, 5) is 78.7. The quantitative estimate of drug-likeness (QED) is 0.0454. The molecule has 2 aliphatic heterocycles. The molecule has 0 bridgehead atoms. The van der Waals surface area contributed by atoms with Gasteiger partial charge in [-0.1, -0.05) is 115 Å². The van der Waals surface area contributed by atoms with Crippen molar-refractivity contribution in [1.29, 1.82) is 0 Å². The minimum absolute atomic E-state index is 0.0541. The molecule has 2 saturated heterocycles. The summed E-state index contributed by atoms with van der Waals surface area (Å²) in [5.41, 5.74) is 3.82. The van der Waals surface area contributed by atoms with E-state index in [1.165, 1.54) is 129 Å². The Balaban J connectivity index is 0.000000180. The van der Waals surface area contributed by atoms with Gasteiger partial charge in [-0.2, -0.15) is 0 Å². The molecule has 83 heavy (non-hydrogen) atoms. The molecule has 5 N–H and O–H groups in total. The molecule has 0 saturated carbocycles.